The first-order valence-electron chi connectivity index (χ1n) is 11.9. The summed E-state index contributed by atoms with van der Waals surface area (Å²) >= 11 is 0. The molecule has 35 heavy (non-hydrogen) atoms. The molecule has 0 N–H and O–H groups in total. The van der Waals surface area contributed by atoms with Gasteiger partial charge in [-0.1, -0.05) is 61.0 Å². The molecule has 5 aromatic rings. The first-order valence-corrected chi connectivity index (χ1v) is 11.9. The zero-order valence-corrected chi connectivity index (χ0v) is 21.4. The number of likely N-dealkylation sites (tertiary alicyclic amines) is 1. The number of hydrogen-bond acceptors (Lipinski definition) is 3. The zero-order valence-electron chi connectivity index (χ0n) is 19.8. The first kappa shape index (κ1) is 25.2. The number of halogens is 2. The van der Waals surface area contributed by atoms with Crippen molar-refractivity contribution in [2.24, 2.45) is 0 Å². The summed E-state index contributed by atoms with van der Waals surface area (Å²) in [5.74, 6) is 0.907. The quantitative estimate of drug-likeness (QED) is 0.250. The molecule has 0 saturated carbocycles. The first-order chi connectivity index (χ1) is 16.2. The molecule has 182 valence electrons. The van der Waals surface area contributed by atoms with Gasteiger partial charge in [-0.25, -0.2) is 4.98 Å². The highest BCUT2D eigenvalue weighted by Crippen LogP contribution is 2.35. The van der Waals surface area contributed by atoms with Gasteiger partial charge in [-0.2, -0.15) is 0 Å². The van der Waals surface area contributed by atoms with Crippen molar-refractivity contribution in [2.75, 3.05) is 19.6 Å². The normalized spacial score (nSPS) is 14.2. The number of rotatable bonds is 5. The molecule has 0 unspecified atom stereocenters. The van der Waals surface area contributed by atoms with Crippen molar-refractivity contribution < 1.29 is 4.79 Å². The molecule has 3 heterocycles. The molecular weight excluding hydrogens is 479 g/mol. The van der Waals surface area contributed by atoms with Gasteiger partial charge >= 0.3 is 0 Å². The predicted octanol–water partition coefficient (Wildman–Crippen LogP) is 6.64. The van der Waals surface area contributed by atoms with E-state index in [1.165, 1.54) is 24.6 Å². The van der Waals surface area contributed by atoms with E-state index in [1.54, 1.807) is 6.92 Å². The SMILES string of the molecule is CC(=O)c1c(-c2cccc3ccccc23)n(CCN2CCCCC2)c2nc3ccccc3n12.Cl.Cl. The van der Waals surface area contributed by atoms with E-state index in [0.29, 0.717) is 5.69 Å². The number of aromatic nitrogens is 3. The van der Waals surface area contributed by atoms with Gasteiger partial charge in [0.15, 0.2) is 5.78 Å². The maximum atomic E-state index is 13.2. The number of ketones is 1. The number of piperidine rings is 1. The van der Waals surface area contributed by atoms with Crippen LogP contribution in [0.25, 0.3) is 38.8 Å². The summed E-state index contributed by atoms with van der Waals surface area (Å²) < 4.78 is 4.36. The van der Waals surface area contributed by atoms with Gasteiger partial charge in [0.25, 0.3) is 0 Å². The molecule has 0 atom stereocenters. The van der Waals surface area contributed by atoms with Gasteiger partial charge in [-0.15, -0.1) is 24.8 Å². The highest BCUT2D eigenvalue weighted by Gasteiger charge is 2.26. The lowest BCUT2D eigenvalue weighted by atomic mass is 10.00. The summed E-state index contributed by atoms with van der Waals surface area (Å²) in [7, 11) is 0. The molecule has 2 aromatic heterocycles. The van der Waals surface area contributed by atoms with E-state index < -0.39 is 0 Å². The Labute approximate surface area is 217 Å². The number of fused-ring (bicyclic) bond motifs is 4. The van der Waals surface area contributed by atoms with Crippen LogP contribution in [-0.4, -0.2) is 44.3 Å². The van der Waals surface area contributed by atoms with E-state index in [4.69, 9.17) is 4.98 Å². The smallest absolute Gasteiger partial charge is 0.216 e. The van der Waals surface area contributed by atoms with Crippen molar-refractivity contribution in [2.45, 2.75) is 32.7 Å². The summed E-state index contributed by atoms with van der Waals surface area (Å²) in [5, 5.41) is 2.34. The maximum Gasteiger partial charge on any atom is 0.216 e. The average molecular weight is 509 g/mol. The summed E-state index contributed by atoms with van der Waals surface area (Å²) in [5.41, 5.74) is 4.69. The van der Waals surface area contributed by atoms with Crippen molar-refractivity contribution in [1.29, 1.82) is 0 Å². The van der Waals surface area contributed by atoms with Crippen LogP contribution in [0.5, 0.6) is 0 Å². The van der Waals surface area contributed by atoms with Gasteiger partial charge in [-0.05, 0) is 48.8 Å². The monoisotopic (exact) mass is 508 g/mol. The third-order valence-electron chi connectivity index (χ3n) is 6.97. The third-order valence-corrected chi connectivity index (χ3v) is 6.97. The van der Waals surface area contributed by atoms with Crippen LogP contribution in [0.2, 0.25) is 0 Å². The van der Waals surface area contributed by atoms with Crippen LogP contribution >= 0.6 is 24.8 Å². The Balaban J connectivity index is 0.00000144. The van der Waals surface area contributed by atoms with Gasteiger partial charge in [0.2, 0.25) is 5.78 Å². The minimum absolute atomic E-state index is 0. The molecular formula is C28H30Cl2N4O. The second kappa shape index (κ2) is 10.4. The van der Waals surface area contributed by atoms with Crippen molar-refractivity contribution in [3.05, 3.63) is 72.4 Å². The summed E-state index contributed by atoms with van der Waals surface area (Å²) in [6, 6.07) is 22.9. The fourth-order valence-corrected chi connectivity index (χ4v) is 5.41. The van der Waals surface area contributed by atoms with Crippen LogP contribution in [0.15, 0.2) is 66.7 Å². The number of carbonyl (C=O) groups is 1. The molecule has 1 saturated heterocycles. The van der Waals surface area contributed by atoms with Crippen molar-refractivity contribution in [3.63, 3.8) is 0 Å². The largest absolute Gasteiger partial charge is 0.308 e. The molecule has 1 fully saturated rings. The Kier molecular flexibility index (Phi) is 7.50. The Morgan fingerprint density at radius 2 is 1.57 bits per heavy atom. The summed E-state index contributed by atoms with van der Waals surface area (Å²) in [6.45, 7) is 5.74. The minimum Gasteiger partial charge on any atom is -0.308 e. The topological polar surface area (TPSA) is 42.5 Å². The molecule has 1 aliphatic heterocycles. The second-order valence-electron chi connectivity index (χ2n) is 9.07. The van der Waals surface area contributed by atoms with Crippen molar-refractivity contribution >= 4 is 58.2 Å². The van der Waals surface area contributed by atoms with Crippen LogP contribution in [-0.2, 0) is 6.54 Å². The number of para-hydroxylation sites is 2. The number of nitrogens with zero attached hydrogens (tertiary/aromatic N) is 4. The molecule has 7 heteroatoms. The van der Waals surface area contributed by atoms with Crippen LogP contribution in [0, 0.1) is 0 Å². The number of hydrogen-bond donors (Lipinski definition) is 0. The Morgan fingerprint density at radius 3 is 2.37 bits per heavy atom. The molecule has 0 aliphatic carbocycles. The van der Waals surface area contributed by atoms with Crippen molar-refractivity contribution in [3.8, 4) is 11.3 Å². The average Bonchev–Trinajstić information content (AvgIpc) is 3.37. The van der Waals surface area contributed by atoms with Crippen LogP contribution in [0.4, 0.5) is 0 Å². The Hall–Kier alpha value is -2.86. The fourth-order valence-electron chi connectivity index (χ4n) is 5.41. The lowest BCUT2D eigenvalue weighted by Crippen LogP contribution is -2.32. The van der Waals surface area contributed by atoms with E-state index in [9.17, 15) is 4.79 Å². The van der Waals surface area contributed by atoms with Gasteiger partial charge in [0, 0.05) is 25.6 Å². The zero-order chi connectivity index (χ0) is 22.4. The molecule has 6 rings (SSSR count). The molecule has 0 bridgehead atoms. The van der Waals surface area contributed by atoms with E-state index in [0.717, 1.165) is 59.6 Å². The molecule has 3 aromatic carbocycles. The molecule has 1 aliphatic rings. The molecule has 0 radical (unpaired) electrons. The molecule has 0 amide bonds. The lowest BCUT2D eigenvalue weighted by molar-refractivity contribution is 0.101. The minimum atomic E-state index is 0. The van der Waals surface area contributed by atoms with E-state index in [-0.39, 0.29) is 30.6 Å². The Bertz CT molecular complexity index is 1490. The molecule has 5 nitrogen and oxygen atoms in total. The number of imidazole rings is 2. The highest BCUT2D eigenvalue weighted by atomic mass is 35.5. The van der Waals surface area contributed by atoms with E-state index >= 15 is 0 Å². The van der Waals surface area contributed by atoms with Crippen LogP contribution in [0.1, 0.15) is 36.7 Å². The van der Waals surface area contributed by atoms with E-state index in [1.807, 2.05) is 18.2 Å². The third kappa shape index (κ3) is 4.33. The van der Waals surface area contributed by atoms with Crippen molar-refractivity contribution in [1.82, 2.24) is 18.9 Å². The van der Waals surface area contributed by atoms with Gasteiger partial charge in [0.1, 0.15) is 5.69 Å². The highest BCUT2D eigenvalue weighted by molar-refractivity contribution is 6.06. The van der Waals surface area contributed by atoms with Crippen LogP contribution in [0.3, 0.4) is 0 Å². The molecule has 0 spiro atoms. The summed E-state index contributed by atoms with van der Waals surface area (Å²) in [4.78, 5) is 20.7. The predicted molar refractivity (Wildman–Crippen MR) is 148 cm³/mol. The lowest BCUT2D eigenvalue weighted by Gasteiger charge is -2.26. The standard InChI is InChI=1S/C28H28N4O.2ClH/c1-20(33)26-27(23-13-9-11-21-10-3-4-12-22(21)23)31(19-18-30-16-7-2-8-17-30)28-29-24-14-5-6-15-25(24)32(26)28;;/h3-6,9-15H,2,7-8,16-19H2,1H3;2*1H. The van der Waals surface area contributed by atoms with Gasteiger partial charge < -0.3 is 9.47 Å². The number of benzene rings is 3. The number of Topliss-reactive ketones (excluding diaryl/α,β-unsaturated/α-hetero) is 1. The second-order valence-corrected chi connectivity index (χ2v) is 9.07. The van der Waals surface area contributed by atoms with E-state index in [2.05, 4.69) is 62.4 Å². The maximum absolute atomic E-state index is 13.2. The number of carbonyl (C=O) groups excluding carboxylic acids is 1. The fraction of sp³-hybridized carbons (Fsp3) is 0.286. The Morgan fingerprint density at radius 1 is 0.857 bits per heavy atom. The van der Waals surface area contributed by atoms with Gasteiger partial charge in [0.05, 0.1) is 16.7 Å². The summed E-state index contributed by atoms with van der Waals surface area (Å²) in [6.07, 6.45) is 3.86. The van der Waals surface area contributed by atoms with Gasteiger partial charge in [-0.3, -0.25) is 9.20 Å². The van der Waals surface area contributed by atoms with Crippen LogP contribution < -0.4 is 0 Å².